The van der Waals surface area contributed by atoms with Crippen LogP contribution in [0.1, 0.15) is 6.92 Å². The van der Waals surface area contributed by atoms with Gasteiger partial charge in [-0.1, -0.05) is 18.1 Å². The van der Waals surface area contributed by atoms with E-state index >= 15 is 0 Å². The second-order valence-electron chi connectivity index (χ2n) is 6.51. The van der Waals surface area contributed by atoms with Crippen LogP contribution in [0, 0.1) is 12.3 Å². The standard InChI is InChI=1S/C20H22N4O5/c1-3-12-28-20(27)23-10-8-22(9-11-23)17-6-4-16(5-7-17)18-13-24(29-19(18)26)14-21-15(2)25/h1,4-7,13H,8-12,14H2,2H3,(H,21,25). The van der Waals surface area contributed by atoms with Crippen molar-refractivity contribution in [3.63, 3.8) is 0 Å². The number of carbonyl (C=O) groups is 2. The van der Waals surface area contributed by atoms with E-state index in [-0.39, 0.29) is 19.2 Å². The van der Waals surface area contributed by atoms with Crippen LogP contribution in [0.5, 0.6) is 0 Å². The Hall–Kier alpha value is -3.67. The molecule has 9 nitrogen and oxygen atoms in total. The number of nitrogens with zero attached hydrogens (tertiary/aromatic N) is 3. The van der Waals surface area contributed by atoms with Gasteiger partial charge < -0.3 is 24.4 Å². The molecule has 3 rings (SSSR count). The summed E-state index contributed by atoms with van der Waals surface area (Å²) in [6.45, 7) is 3.88. The van der Waals surface area contributed by atoms with Crippen LogP contribution in [0.4, 0.5) is 10.5 Å². The van der Waals surface area contributed by atoms with Gasteiger partial charge >= 0.3 is 11.7 Å². The van der Waals surface area contributed by atoms with E-state index in [1.54, 1.807) is 11.1 Å². The molecule has 0 saturated carbocycles. The van der Waals surface area contributed by atoms with Crippen molar-refractivity contribution in [2.24, 2.45) is 0 Å². The molecule has 1 aromatic heterocycles. The number of hydrogen-bond acceptors (Lipinski definition) is 6. The van der Waals surface area contributed by atoms with Crippen molar-refractivity contribution in [1.82, 2.24) is 15.0 Å². The lowest BCUT2D eigenvalue weighted by Gasteiger charge is -2.35. The number of nitrogens with one attached hydrogen (secondary N) is 1. The molecule has 9 heteroatoms. The highest BCUT2D eigenvalue weighted by Gasteiger charge is 2.22. The Morgan fingerprint density at radius 3 is 2.52 bits per heavy atom. The molecule has 1 N–H and O–H groups in total. The second-order valence-corrected chi connectivity index (χ2v) is 6.51. The summed E-state index contributed by atoms with van der Waals surface area (Å²) < 4.78 is 11.3. The fraction of sp³-hybridized carbons (Fsp3) is 0.350. The molecule has 0 atom stereocenters. The Bertz CT molecular complexity index is 962. The van der Waals surface area contributed by atoms with Crippen molar-refractivity contribution in [3.05, 3.63) is 40.9 Å². The SMILES string of the molecule is C#CCOC(=O)N1CCN(c2ccc(-c3cn(CNC(C)=O)oc3=O)cc2)CC1. The molecule has 152 valence electrons. The molecule has 2 aromatic rings. The predicted octanol–water partition coefficient (Wildman–Crippen LogP) is 1.09. The van der Waals surface area contributed by atoms with E-state index < -0.39 is 11.7 Å². The van der Waals surface area contributed by atoms with Crippen LogP contribution in [0.15, 0.2) is 39.8 Å². The molecule has 2 heterocycles. The third kappa shape index (κ3) is 4.99. The second kappa shape index (κ2) is 9.01. The van der Waals surface area contributed by atoms with Crippen LogP contribution in [0.2, 0.25) is 0 Å². The van der Waals surface area contributed by atoms with Crippen LogP contribution in [-0.2, 0) is 16.2 Å². The van der Waals surface area contributed by atoms with Crippen LogP contribution in [-0.4, -0.2) is 54.4 Å². The highest BCUT2D eigenvalue weighted by molar-refractivity contribution is 5.72. The maximum absolute atomic E-state index is 12.1. The molecule has 1 aliphatic heterocycles. The van der Waals surface area contributed by atoms with Gasteiger partial charge in [0.15, 0.2) is 6.61 Å². The average Bonchev–Trinajstić information content (AvgIpc) is 3.11. The topological polar surface area (TPSA) is 97.0 Å². The molecule has 2 amide bonds. The summed E-state index contributed by atoms with van der Waals surface area (Å²) in [7, 11) is 0. The summed E-state index contributed by atoms with van der Waals surface area (Å²) in [5.41, 5.74) is 1.67. The van der Waals surface area contributed by atoms with E-state index in [1.807, 2.05) is 24.3 Å². The van der Waals surface area contributed by atoms with Crippen LogP contribution >= 0.6 is 0 Å². The summed E-state index contributed by atoms with van der Waals surface area (Å²) in [4.78, 5) is 38.7. The molecular formula is C20H22N4O5. The van der Waals surface area contributed by atoms with Crippen LogP contribution in [0.3, 0.4) is 0 Å². The van der Waals surface area contributed by atoms with Gasteiger partial charge in [0, 0.05) is 38.8 Å². The Balaban J connectivity index is 1.61. The molecule has 29 heavy (non-hydrogen) atoms. The number of amides is 2. The minimum absolute atomic E-state index is 0.0267. The lowest BCUT2D eigenvalue weighted by Crippen LogP contribution is -2.49. The predicted molar refractivity (Wildman–Crippen MR) is 106 cm³/mol. The van der Waals surface area contributed by atoms with Crippen molar-refractivity contribution in [2.45, 2.75) is 13.6 Å². The Morgan fingerprint density at radius 1 is 1.21 bits per heavy atom. The smallest absolute Gasteiger partial charge is 0.410 e. The number of anilines is 1. The minimum atomic E-state index is -0.470. The van der Waals surface area contributed by atoms with Crippen molar-refractivity contribution in [1.29, 1.82) is 0 Å². The molecule has 1 aliphatic rings. The monoisotopic (exact) mass is 398 g/mol. The number of carbonyl (C=O) groups excluding carboxylic acids is 2. The summed E-state index contributed by atoms with van der Waals surface area (Å²) in [6.07, 6.45) is 6.27. The summed E-state index contributed by atoms with van der Waals surface area (Å²) >= 11 is 0. The molecular weight excluding hydrogens is 376 g/mol. The minimum Gasteiger partial charge on any atom is -0.436 e. The number of rotatable bonds is 5. The molecule has 0 unspecified atom stereocenters. The van der Waals surface area contributed by atoms with E-state index in [4.69, 9.17) is 15.7 Å². The van der Waals surface area contributed by atoms with E-state index in [0.29, 0.717) is 31.7 Å². The van der Waals surface area contributed by atoms with Gasteiger partial charge in [-0.3, -0.25) is 4.79 Å². The zero-order chi connectivity index (χ0) is 20.8. The Kier molecular flexibility index (Phi) is 6.24. The molecule has 1 saturated heterocycles. The highest BCUT2D eigenvalue weighted by Crippen LogP contribution is 2.22. The lowest BCUT2D eigenvalue weighted by atomic mass is 10.1. The van der Waals surface area contributed by atoms with Gasteiger partial charge in [-0.25, -0.2) is 9.59 Å². The van der Waals surface area contributed by atoms with Gasteiger partial charge in [-0.2, -0.15) is 4.74 Å². The zero-order valence-corrected chi connectivity index (χ0v) is 16.1. The lowest BCUT2D eigenvalue weighted by molar-refractivity contribution is -0.119. The average molecular weight is 398 g/mol. The Labute approximate surface area is 167 Å². The van der Waals surface area contributed by atoms with E-state index in [0.717, 1.165) is 11.3 Å². The first-order chi connectivity index (χ1) is 14.0. The first kappa shape index (κ1) is 20.1. The van der Waals surface area contributed by atoms with Gasteiger partial charge in [-0.15, -0.1) is 6.42 Å². The molecule has 1 aromatic carbocycles. The third-order valence-electron chi connectivity index (χ3n) is 4.54. The van der Waals surface area contributed by atoms with E-state index in [1.165, 1.54) is 11.7 Å². The van der Waals surface area contributed by atoms with Gasteiger partial charge in [0.25, 0.3) is 0 Å². The number of piperazine rings is 1. The van der Waals surface area contributed by atoms with Gasteiger partial charge in [0.1, 0.15) is 6.67 Å². The highest BCUT2D eigenvalue weighted by atomic mass is 16.6. The third-order valence-corrected chi connectivity index (χ3v) is 4.54. The van der Waals surface area contributed by atoms with Crippen molar-refractivity contribution in [2.75, 3.05) is 37.7 Å². The van der Waals surface area contributed by atoms with Gasteiger partial charge in [0.05, 0.1) is 11.8 Å². The molecule has 0 spiro atoms. The fourth-order valence-electron chi connectivity index (χ4n) is 3.03. The maximum atomic E-state index is 12.1. The molecule has 0 radical (unpaired) electrons. The van der Waals surface area contributed by atoms with Crippen molar-refractivity contribution in [3.8, 4) is 23.5 Å². The normalized spacial score (nSPS) is 13.7. The molecule has 0 aliphatic carbocycles. The summed E-state index contributed by atoms with van der Waals surface area (Å²) in [5.74, 6) is 2.07. The first-order valence-corrected chi connectivity index (χ1v) is 9.13. The van der Waals surface area contributed by atoms with E-state index in [9.17, 15) is 14.4 Å². The van der Waals surface area contributed by atoms with Gasteiger partial charge in [0.2, 0.25) is 5.91 Å². The number of benzene rings is 1. The Morgan fingerprint density at radius 2 is 1.90 bits per heavy atom. The largest absolute Gasteiger partial charge is 0.436 e. The molecule has 0 bridgehead atoms. The number of aromatic nitrogens is 1. The summed E-state index contributed by atoms with van der Waals surface area (Å²) in [5, 5.41) is 2.57. The van der Waals surface area contributed by atoms with Crippen LogP contribution < -0.4 is 15.8 Å². The number of ether oxygens (including phenoxy) is 1. The zero-order valence-electron chi connectivity index (χ0n) is 16.1. The fourth-order valence-corrected chi connectivity index (χ4v) is 3.03. The number of terminal acetylenes is 1. The molecule has 1 fully saturated rings. The van der Waals surface area contributed by atoms with Crippen molar-refractivity contribution >= 4 is 17.7 Å². The van der Waals surface area contributed by atoms with Crippen LogP contribution in [0.25, 0.3) is 11.1 Å². The quantitative estimate of drug-likeness (QED) is 0.758. The first-order valence-electron chi connectivity index (χ1n) is 9.13. The summed E-state index contributed by atoms with van der Waals surface area (Å²) in [6, 6.07) is 7.54. The van der Waals surface area contributed by atoms with Crippen molar-refractivity contribution < 1.29 is 18.8 Å². The van der Waals surface area contributed by atoms with Gasteiger partial charge in [-0.05, 0) is 17.7 Å². The van der Waals surface area contributed by atoms with E-state index in [2.05, 4.69) is 16.1 Å². The maximum Gasteiger partial charge on any atom is 0.410 e. The number of hydrogen-bond donors (Lipinski definition) is 1.